The molecule has 0 radical (unpaired) electrons. The summed E-state index contributed by atoms with van der Waals surface area (Å²) < 4.78 is 5.31. The summed E-state index contributed by atoms with van der Waals surface area (Å²) in [5.41, 5.74) is 0. The quantitative estimate of drug-likeness (QED) is 0.440. The minimum Gasteiger partial charge on any atom is -0.381 e. The standard InChI is InChI=1S/C11H20ClN3O.HI/c1-3-13-11(14-6-9(2)12)15-7-10-4-5-16-8-10;/h10H,2-8H2,1H3,(H2,13,14,15);1H. The number of nitrogens with one attached hydrogen (secondary N) is 2. The van der Waals surface area contributed by atoms with Gasteiger partial charge in [0.2, 0.25) is 0 Å². The van der Waals surface area contributed by atoms with E-state index in [-0.39, 0.29) is 24.0 Å². The summed E-state index contributed by atoms with van der Waals surface area (Å²) in [5.74, 6) is 1.37. The molecule has 6 heteroatoms. The van der Waals surface area contributed by atoms with Crippen molar-refractivity contribution in [3.05, 3.63) is 11.6 Å². The van der Waals surface area contributed by atoms with Gasteiger partial charge in [0, 0.05) is 30.6 Å². The molecule has 1 atom stereocenters. The van der Waals surface area contributed by atoms with Crippen molar-refractivity contribution in [2.75, 3.05) is 32.8 Å². The van der Waals surface area contributed by atoms with Crippen molar-refractivity contribution >= 4 is 41.5 Å². The number of guanidine groups is 1. The number of hydrogen-bond acceptors (Lipinski definition) is 2. The Morgan fingerprint density at radius 1 is 1.53 bits per heavy atom. The van der Waals surface area contributed by atoms with E-state index in [1.165, 1.54) is 0 Å². The van der Waals surface area contributed by atoms with Crippen LogP contribution < -0.4 is 10.6 Å². The second kappa shape index (κ2) is 9.96. The van der Waals surface area contributed by atoms with Gasteiger partial charge < -0.3 is 15.4 Å². The predicted octanol–water partition coefficient (Wildman–Crippen LogP) is 1.95. The van der Waals surface area contributed by atoms with Crippen molar-refractivity contribution in [1.29, 1.82) is 0 Å². The fraction of sp³-hybridized carbons (Fsp3) is 0.727. The first-order valence-corrected chi connectivity index (χ1v) is 6.03. The van der Waals surface area contributed by atoms with Gasteiger partial charge in [-0.3, -0.25) is 0 Å². The highest BCUT2D eigenvalue weighted by molar-refractivity contribution is 14.0. The van der Waals surface area contributed by atoms with Crippen LogP contribution in [0.2, 0.25) is 0 Å². The third-order valence-corrected chi connectivity index (χ3v) is 2.45. The average molecular weight is 374 g/mol. The molecule has 0 aromatic carbocycles. The van der Waals surface area contributed by atoms with Crippen LogP contribution in [-0.2, 0) is 4.74 Å². The first-order chi connectivity index (χ1) is 7.72. The Bertz CT molecular complexity index is 255. The maximum Gasteiger partial charge on any atom is 0.191 e. The third-order valence-electron chi connectivity index (χ3n) is 2.34. The number of halogens is 2. The normalized spacial score (nSPS) is 19.6. The molecule has 0 amide bonds. The van der Waals surface area contributed by atoms with E-state index in [4.69, 9.17) is 16.3 Å². The largest absolute Gasteiger partial charge is 0.381 e. The molecule has 4 nitrogen and oxygen atoms in total. The summed E-state index contributed by atoms with van der Waals surface area (Å²) in [5, 5.41) is 6.98. The van der Waals surface area contributed by atoms with Gasteiger partial charge in [0.1, 0.15) is 0 Å². The van der Waals surface area contributed by atoms with Gasteiger partial charge in [-0.2, -0.15) is 0 Å². The maximum absolute atomic E-state index is 5.67. The fourth-order valence-corrected chi connectivity index (χ4v) is 1.55. The Kier molecular flexibility index (Phi) is 9.96. The molecule has 0 spiro atoms. The second-order valence-corrected chi connectivity index (χ2v) is 4.36. The molecule has 1 aliphatic rings. The van der Waals surface area contributed by atoms with Gasteiger partial charge >= 0.3 is 0 Å². The van der Waals surface area contributed by atoms with Gasteiger partial charge in [-0.15, -0.1) is 24.0 Å². The van der Waals surface area contributed by atoms with Crippen molar-refractivity contribution in [1.82, 2.24) is 10.6 Å². The number of rotatable bonds is 5. The zero-order chi connectivity index (χ0) is 11.8. The van der Waals surface area contributed by atoms with Crippen molar-refractivity contribution in [3.8, 4) is 0 Å². The Balaban J connectivity index is 0.00000256. The minimum atomic E-state index is 0. The lowest BCUT2D eigenvalue weighted by molar-refractivity contribution is 0.186. The number of aliphatic imine (C=N–C) groups is 1. The number of ether oxygens (including phenoxy) is 1. The highest BCUT2D eigenvalue weighted by Crippen LogP contribution is 2.10. The molecule has 1 saturated heterocycles. The lowest BCUT2D eigenvalue weighted by Crippen LogP contribution is -2.40. The van der Waals surface area contributed by atoms with Crippen molar-refractivity contribution in [2.24, 2.45) is 10.9 Å². The van der Waals surface area contributed by atoms with Gasteiger partial charge in [-0.1, -0.05) is 18.2 Å². The van der Waals surface area contributed by atoms with Crippen LogP contribution in [0.1, 0.15) is 13.3 Å². The highest BCUT2D eigenvalue weighted by atomic mass is 127. The average Bonchev–Trinajstić information content (AvgIpc) is 2.75. The Labute approximate surface area is 125 Å². The molecule has 17 heavy (non-hydrogen) atoms. The van der Waals surface area contributed by atoms with Crippen molar-refractivity contribution < 1.29 is 4.74 Å². The van der Waals surface area contributed by atoms with Crippen LogP contribution >= 0.6 is 35.6 Å². The summed E-state index contributed by atoms with van der Waals surface area (Å²) in [6.07, 6.45) is 1.12. The van der Waals surface area contributed by atoms with Crippen LogP contribution in [0.15, 0.2) is 16.6 Å². The monoisotopic (exact) mass is 373 g/mol. The first-order valence-electron chi connectivity index (χ1n) is 5.65. The van der Waals surface area contributed by atoms with Crippen molar-refractivity contribution in [3.63, 3.8) is 0 Å². The minimum absolute atomic E-state index is 0. The fourth-order valence-electron chi connectivity index (χ4n) is 1.49. The summed E-state index contributed by atoms with van der Waals surface area (Å²) in [6, 6.07) is 0. The van der Waals surface area contributed by atoms with Crippen LogP contribution in [0.4, 0.5) is 0 Å². The molecule has 1 aliphatic heterocycles. The molecule has 0 aromatic rings. The lowest BCUT2D eigenvalue weighted by atomic mass is 10.1. The predicted molar refractivity (Wildman–Crippen MR) is 83.3 cm³/mol. The number of nitrogens with zero attached hydrogens (tertiary/aromatic N) is 1. The van der Waals surface area contributed by atoms with E-state index in [1.54, 1.807) is 0 Å². The molecule has 2 N–H and O–H groups in total. The van der Waals surface area contributed by atoms with Gasteiger partial charge in [0.15, 0.2) is 5.96 Å². The lowest BCUT2D eigenvalue weighted by Gasteiger charge is -2.13. The van der Waals surface area contributed by atoms with Crippen molar-refractivity contribution in [2.45, 2.75) is 13.3 Å². The zero-order valence-corrected chi connectivity index (χ0v) is 13.3. The van der Waals surface area contributed by atoms with E-state index in [2.05, 4.69) is 22.2 Å². The van der Waals surface area contributed by atoms with Crippen LogP contribution in [-0.4, -0.2) is 38.8 Å². The summed E-state index contributed by atoms with van der Waals surface area (Å²) >= 11 is 5.67. The molecule has 0 bridgehead atoms. The molecular weight excluding hydrogens is 352 g/mol. The Hall–Kier alpha value is -0.0100. The van der Waals surface area contributed by atoms with Gasteiger partial charge in [0.25, 0.3) is 0 Å². The smallest absolute Gasteiger partial charge is 0.191 e. The van der Waals surface area contributed by atoms with E-state index < -0.39 is 0 Å². The van der Waals surface area contributed by atoms with Gasteiger partial charge in [0.05, 0.1) is 13.2 Å². The van der Waals surface area contributed by atoms with Gasteiger partial charge in [-0.25, -0.2) is 4.99 Å². The van der Waals surface area contributed by atoms with Crippen LogP contribution in [0, 0.1) is 5.92 Å². The summed E-state index contributed by atoms with van der Waals surface area (Å²) in [7, 11) is 0. The molecule has 1 rings (SSSR count). The number of hydrogen-bond donors (Lipinski definition) is 2. The van der Waals surface area contributed by atoms with Crippen LogP contribution in [0.3, 0.4) is 0 Å². The highest BCUT2D eigenvalue weighted by Gasteiger charge is 2.15. The molecule has 1 unspecified atom stereocenters. The van der Waals surface area contributed by atoms with E-state index in [0.29, 0.717) is 17.5 Å². The molecule has 0 saturated carbocycles. The molecule has 1 fully saturated rings. The van der Waals surface area contributed by atoms with E-state index in [1.807, 2.05) is 6.92 Å². The summed E-state index contributed by atoms with van der Waals surface area (Å²) in [4.78, 5) is 4.30. The molecule has 0 aromatic heterocycles. The molecular formula is C11H21ClIN3O. The topological polar surface area (TPSA) is 45.7 Å². The van der Waals surface area contributed by atoms with E-state index >= 15 is 0 Å². The van der Waals surface area contributed by atoms with Crippen LogP contribution in [0.5, 0.6) is 0 Å². The zero-order valence-electron chi connectivity index (χ0n) is 10.2. The van der Waals surface area contributed by atoms with Gasteiger partial charge in [-0.05, 0) is 13.3 Å². The molecule has 1 heterocycles. The van der Waals surface area contributed by atoms with E-state index in [0.717, 1.165) is 38.7 Å². The Morgan fingerprint density at radius 3 is 2.82 bits per heavy atom. The first kappa shape index (κ1) is 17.0. The summed E-state index contributed by atoms with van der Waals surface area (Å²) in [6.45, 7) is 9.52. The SMILES string of the molecule is C=C(Cl)CN=C(NCC)NCC1CCOC1.I. The molecule has 100 valence electrons. The van der Waals surface area contributed by atoms with E-state index in [9.17, 15) is 0 Å². The van der Waals surface area contributed by atoms with Crippen LogP contribution in [0.25, 0.3) is 0 Å². The third kappa shape index (κ3) is 7.83. The second-order valence-electron chi connectivity index (χ2n) is 3.82. The Morgan fingerprint density at radius 2 is 2.29 bits per heavy atom. The molecule has 0 aliphatic carbocycles. The maximum atomic E-state index is 5.67.